The minimum absolute atomic E-state index is 0.353. The van der Waals surface area contributed by atoms with E-state index in [1.165, 1.54) is 0 Å². The minimum atomic E-state index is -1.16. The van der Waals surface area contributed by atoms with Crippen LogP contribution in [0.1, 0.15) is 45.7 Å². The van der Waals surface area contributed by atoms with Crippen LogP contribution >= 0.6 is 0 Å². The highest BCUT2D eigenvalue weighted by atomic mass is 14.8. The van der Waals surface area contributed by atoms with Gasteiger partial charge in [0.15, 0.2) is 11.8 Å². The Morgan fingerprint density at radius 2 is 0.826 bits per heavy atom. The Hall–Kier alpha value is -7.00. The molecule has 0 spiro atoms. The van der Waals surface area contributed by atoms with Crippen molar-refractivity contribution in [2.45, 2.75) is 11.8 Å². The van der Waals surface area contributed by atoms with Crippen LogP contribution in [0, 0.1) is 45.3 Å². The number of hydrogen-bond acceptors (Lipinski definition) is 6. The van der Waals surface area contributed by atoms with Crippen molar-refractivity contribution in [2.24, 2.45) is 0 Å². The smallest absolute Gasteiger partial charge is 0.162 e. The molecule has 0 saturated carbocycles. The van der Waals surface area contributed by atoms with E-state index in [0.29, 0.717) is 39.4 Å². The van der Waals surface area contributed by atoms with E-state index < -0.39 is 11.8 Å². The summed E-state index contributed by atoms with van der Waals surface area (Å²) in [6.07, 6.45) is 7.08. The van der Waals surface area contributed by atoms with Gasteiger partial charge in [-0.05, 0) is 59.7 Å². The van der Waals surface area contributed by atoms with Crippen molar-refractivity contribution in [3.8, 4) is 46.5 Å². The van der Waals surface area contributed by atoms with Crippen molar-refractivity contribution < 1.29 is 0 Å². The first-order valence-electron chi connectivity index (χ1n) is 14.5. The number of nitrogens with one attached hydrogen (secondary N) is 2. The molecule has 7 rings (SSSR count). The second-order valence-corrected chi connectivity index (χ2v) is 10.7. The van der Waals surface area contributed by atoms with Crippen LogP contribution in [-0.4, -0.2) is 19.9 Å². The standard InChI is InChI=1S/C38H22N8/c39-19-25(20-40)37-31-15-13-29(44-31)35(23-7-3-1-4-8-23)27-11-12-28(43-27)36(24-9-5-2-6-10-24)30-14-16-32(45-30)38(26(21-41)22-42)34-18-17-33(37)46-34/h1-18,25-26,43-44H. The third-order valence-corrected chi connectivity index (χ3v) is 8.05. The van der Waals surface area contributed by atoms with E-state index in [1.54, 1.807) is 18.2 Å². The van der Waals surface area contributed by atoms with Crippen molar-refractivity contribution in [1.82, 2.24) is 19.9 Å². The maximum Gasteiger partial charge on any atom is 0.162 e. The Kier molecular flexibility index (Phi) is 7.01. The van der Waals surface area contributed by atoms with Gasteiger partial charge in [0.1, 0.15) is 0 Å². The van der Waals surface area contributed by atoms with Crippen LogP contribution in [0.25, 0.3) is 68.6 Å². The maximum absolute atomic E-state index is 10.0. The molecule has 0 amide bonds. The van der Waals surface area contributed by atoms with E-state index in [1.807, 2.05) is 91.0 Å². The molecule has 2 aliphatic heterocycles. The number of fused-ring (bicyclic) bond motifs is 8. The summed E-state index contributed by atoms with van der Waals surface area (Å²) in [6, 6.07) is 36.1. The first-order chi connectivity index (χ1) is 22.6. The van der Waals surface area contributed by atoms with E-state index in [-0.39, 0.29) is 0 Å². The molecule has 5 heterocycles. The summed E-state index contributed by atoms with van der Waals surface area (Å²) in [6.45, 7) is 0. The largest absolute Gasteiger partial charge is 0.355 e. The Labute approximate surface area is 264 Å². The van der Waals surface area contributed by atoms with Crippen LogP contribution in [0.3, 0.4) is 0 Å². The molecule has 0 saturated heterocycles. The number of hydrogen-bond donors (Lipinski definition) is 2. The van der Waals surface area contributed by atoms with Gasteiger partial charge < -0.3 is 9.97 Å². The highest BCUT2D eigenvalue weighted by Gasteiger charge is 2.24. The predicted octanol–water partition coefficient (Wildman–Crippen LogP) is 8.25. The Morgan fingerprint density at radius 3 is 1.37 bits per heavy atom. The van der Waals surface area contributed by atoms with Gasteiger partial charge in [0.05, 0.1) is 47.1 Å². The van der Waals surface area contributed by atoms with Gasteiger partial charge in [-0.1, -0.05) is 60.7 Å². The molecule has 214 valence electrons. The molecule has 46 heavy (non-hydrogen) atoms. The number of H-pyrrole nitrogens is 2. The normalized spacial score (nSPS) is 11.6. The van der Waals surface area contributed by atoms with Gasteiger partial charge in [-0.25, -0.2) is 9.97 Å². The van der Waals surface area contributed by atoms with E-state index in [0.717, 1.165) is 38.8 Å². The lowest BCUT2D eigenvalue weighted by Crippen LogP contribution is -2.01. The topological polar surface area (TPSA) is 153 Å². The molecule has 0 radical (unpaired) electrons. The summed E-state index contributed by atoms with van der Waals surface area (Å²) in [4.78, 5) is 16.9. The fraction of sp³-hybridized carbons (Fsp3) is 0.0526. The molecule has 8 bridgehead atoms. The Balaban J connectivity index is 1.72. The molecule has 8 heteroatoms. The SMILES string of the molecule is N#CC(C#N)c1c2nc(c(-c3ccccc3)c3ccc([nH]3)c(-c3ccccc3)c3ccc([nH]3)c(C(C#N)C#N)c3nc1C=C3)C=C2. The van der Waals surface area contributed by atoms with Crippen molar-refractivity contribution in [3.63, 3.8) is 0 Å². The Morgan fingerprint density at radius 1 is 0.435 bits per heavy atom. The molecule has 2 N–H and O–H groups in total. The summed E-state index contributed by atoms with van der Waals surface area (Å²) < 4.78 is 0. The molecule has 8 nitrogen and oxygen atoms in total. The van der Waals surface area contributed by atoms with Gasteiger partial charge in [-0.3, -0.25) is 0 Å². The molecule has 2 aromatic carbocycles. The quantitative estimate of drug-likeness (QED) is 0.210. The monoisotopic (exact) mass is 590 g/mol. The highest BCUT2D eigenvalue weighted by Crippen LogP contribution is 2.36. The number of aromatic amines is 2. The first-order valence-corrected chi connectivity index (χ1v) is 14.5. The number of aromatic nitrogens is 4. The molecule has 3 aromatic heterocycles. The summed E-state index contributed by atoms with van der Waals surface area (Å²) in [5.41, 5.74) is 9.28. The van der Waals surface area contributed by atoms with Gasteiger partial charge in [-0.2, -0.15) is 21.0 Å². The molecule has 0 aliphatic carbocycles. The lowest BCUT2D eigenvalue weighted by Gasteiger charge is -2.06. The van der Waals surface area contributed by atoms with Crippen molar-refractivity contribution >= 4 is 46.4 Å². The average Bonchev–Trinajstić information content (AvgIpc) is 3.93. The third kappa shape index (κ3) is 4.70. The van der Waals surface area contributed by atoms with Crippen molar-refractivity contribution in [2.75, 3.05) is 0 Å². The summed E-state index contributed by atoms with van der Waals surface area (Å²) >= 11 is 0. The Bertz CT molecular complexity index is 2390. The van der Waals surface area contributed by atoms with Gasteiger partial charge in [0.25, 0.3) is 0 Å². The maximum atomic E-state index is 10.0. The molecule has 2 aliphatic rings. The van der Waals surface area contributed by atoms with Crippen LogP contribution in [0.5, 0.6) is 0 Å². The predicted molar refractivity (Wildman–Crippen MR) is 178 cm³/mol. The zero-order chi connectivity index (χ0) is 31.6. The zero-order valence-corrected chi connectivity index (χ0v) is 24.2. The second-order valence-electron chi connectivity index (χ2n) is 10.7. The fourth-order valence-electron chi connectivity index (χ4n) is 5.99. The van der Waals surface area contributed by atoms with Gasteiger partial charge in [0.2, 0.25) is 0 Å². The van der Waals surface area contributed by atoms with E-state index in [9.17, 15) is 21.0 Å². The highest BCUT2D eigenvalue weighted by molar-refractivity contribution is 5.97. The number of nitriles is 4. The molecule has 0 atom stereocenters. The van der Waals surface area contributed by atoms with Gasteiger partial charge in [0, 0.05) is 44.3 Å². The van der Waals surface area contributed by atoms with Crippen molar-refractivity contribution in [1.29, 1.82) is 21.0 Å². The lowest BCUT2D eigenvalue weighted by atomic mass is 9.98. The van der Waals surface area contributed by atoms with Crippen LogP contribution in [-0.2, 0) is 0 Å². The van der Waals surface area contributed by atoms with Crippen molar-refractivity contribution in [3.05, 3.63) is 119 Å². The van der Waals surface area contributed by atoms with Gasteiger partial charge >= 0.3 is 0 Å². The van der Waals surface area contributed by atoms with Crippen LogP contribution < -0.4 is 0 Å². The van der Waals surface area contributed by atoms with Gasteiger partial charge in [-0.15, -0.1) is 0 Å². The van der Waals surface area contributed by atoms with Crippen LogP contribution in [0.2, 0.25) is 0 Å². The zero-order valence-electron chi connectivity index (χ0n) is 24.2. The van der Waals surface area contributed by atoms with Crippen LogP contribution in [0.4, 0.5) is 0 Å². The summed E-state index contributed by atoms with van der Waals surface area (Å²) in [7, 11) is 0. The first kappa shape index (κ1) is 27.8. The summed E-state index contributed by atoms with van der Waals surface area (Å²) in [5, 5.41) is 40.0. The fourth-order valence-corrected chi connectivity index (χ4v) is 5.99. The van der Waals surface area contributed by atoms with E-state index in [4.69, 9.17) is 9.97 Å². The molecule has 5 aromatic rings. The van der Waals surface area contributed by atoms with E-state index in [2.05, 4.69) is 34.2 Å². The lowest BCUT2D eigenvalue weighted by molar-refractivity contribution is 1.04. The molecule has 0 unspecified atom stereocenters. The second kappa shape index (κ2) is 11.6. The molecular formula is C38H22N8. The third-order valence-electron chi connectivity index (χ3n) is 8.05. The van der Waals surface area contributed by atoms with Crippen LogP contribution in [0.15, 0.2) is 84.9 Å². The van der Waals surface area contributed by atoms with E-state index >= 15 is 0 Å². The summed E-state index contributed by atoms with van der Waals surface area (Å²) in [5.74, 6) is -2.30. The minimum Gasteiger partial charge on any atom is -0.355 e. The molecule has 0 fully saturated rings. The molecular weight excluding hydrogens is 568 g/mol. The number of nitrogens with zero attached hydrogens (tertiary/aromatic N) is 6. The average molecular weight is 591 g/mol. The number of benzene rings is 2. The number of rotatable bonds is 4.